The van der Waals surface area contributed by atoms with Gasteiger partial charge in [-0.15, -0.1) is 11.3 Å². The third-order valence-electron chi connectivity index (χ3n) is 7.27. The number of rotatable bonds is 7. The van der Waals surface area contributed by atoms with E-state index in [1.165, 1.54) is 4.88 Å². The number of fused-ring (bicyclic) bond motifs is 1. The van der Waals surface area contributed by atoms with E-state index in [-0.39, 0.29) is 11.3 Å². The Kier molecular flexibility index (Phi) is 8.20. The molecule has 5 rings (SSSR count). The van der Waals surface area contributed by atoms with Crippen molar-refractivity contribution < 1.29 is 9.53 Å². The smallest absolute Gasteiger partial charge is 0.259 e. The lowest BCUT2D eigenvalue weighted by molar-refractivity contribution is 0.102. The highest BCUT2D eigenvalue weighted by molar-refractivity contribution is 7.16. The fourth-order valence-corrected chi connectivity index (χ4v) is 6.40. The molecule has 0 saturated carbocycles. The number of carbonyl (C=O) groups is 1. The van der Waals surface area contributed by atoms with Gasteiger partial charge in [-0.3, -0.25) is 4.79 Å². The molecule has 0 bridgehead atoms. The highest BCUT2D eigenvalue weighted by Gasteiger charge is 2.33. The molecule has 1 atom stereocenters. The monoisotopic (exact) mass is 556 g/mol. The summed E-state index contributed by atoms with van der Waals surface area (Å²) >= 11 is 7.92. The van der Waals surface area contributed by atoms with Crippen molar-refractivity contribution in [3.05, 3.63) is 111 Å². The van der Waals surface area contributed by atoms with E-state index < -0.39 is 0 Å². The van der Waals surface area contributed by atoms with Crippen LogP contribution in [0.15, 0.2) is 83.9 Å². The van der Waals surface area contributed by atoms with Gasteiger partial charge in [0.1, 0.15) is 17.4 Å². The first-order valence-electron chi connectivity index (χ1n) is 13.3. The summed E-state index contributed by atoms with van der Waals surface area (Å²) < 4.78 is 6.00. The van der Waals surface area contributed by atoms with Crippen LogP contribution < -0.4 is 10.1 Å². The van der Waals surface area contributed by atoms with E-state index >= 15 is 0 Å². The first-order valence-corrected chi connectivity index (χ1v) is 14.5. The summed E-state index contributed by atoms with van der Waals surface area (Å²) in [6.07, 6.45) is 4.77. The van der Waals surface area contributed by atoms with Crippen LogP contribution in [-0.4, -0.2) is 12.1 Å². The number of nitrogens with zero attached hydrogens (tertiary/aromatic N) is 1. The molecule has 1 amide bonds. The Morgan fingerprint density at radius 2 is 1.85 bits per heavy atom. The fourth-order valence-electron chi connectivity index (χ4n) is 4.95. The minimum Gasteiger partial charge on any atom is -0.489 e. The van der Waals surface area contributed by atoms with Crippen molar-refractivity contribution in [2.75, 3.05) is 5.32 Å². The van der Waals surface area contributed by atoms with Gasteiger partial charge in [0.25, 0.3) is 5.91 Å². The Hall–Kier alpha value is -3.41. The Bertz CT molecular complexity index is 1490. The molecule has 3 aromatic carbocycles. The number of nitrogens with one attached hydrogen (secondary N) is 1. The molecule has 4 aromatic rings. The lowest BCUT2D eigenvalue weighted by Crippen LogP contribution is -2.27. The van der Waals surface area contributed by atoms with E-state index in [1.807, 2.05) is 85.1 Å². The van der Waals surface area contributed by atoms with Gasteiger partial charge in [-0.05, 0) is 72.1 Å². The van der Waals surface area contributed by atoms with Crippen LogP contribution >= 0.6 is 22.9 Å². The van der Waals surface area contributed by atoms with E-state index in [1.54, 1.807) is 11.3 Å². The molecule has 1 N–H and O–H groups in total. The first kappa shape index (κ1) is 27.2. The number of hydrogen-bond acceptors (Lipinski definition) is 4. The Labute approximate surface area is 239 Å². The van der Waals surface area contributed by atoms with Crippen molar-refractivity contribution in [2.24, 2.45) is 16.3 Å². The Morgan fingerprint density at radius 1 is 1.08 bits per heavy atom. The molecule has 1 heterocycles. The van der Waals surface area contributed by atoms with Crippen LogP contribution in [0.4, 0.5) is 10.7 Å². The maximum Gasteiger partial charge on any atom is 0.259 e. The molecule has 0 radical (unpaired) electrons. The van der Waals surface area contributed by atoms with Crippen molar-refractivity contribution >= 4 is 45.7 Å². The number of para-hydroxylation sites is 1. The van der Waals surface area contributed by atoms with Gasteiger partial charge in [0.15, 0.2) is 0 Å². The van der Waals surface area contributed by atoms with Crippen molar-refractivity contribution in [3.63, 3.8) is 0 Å². The third kappa shape index (κ3) is 6.60. The minimum atomic E-state index is -0.100. The lowest BCUT2D eigenvalue weighted by atomic mass is 9.72. The lowest BCUT2D eigenvalue weighted by Gasteiger charge is -2.33. The Balaban J connectivity index is 1.41. The number of thiophene rings is 1. The molecule has 39 heavy (non-hydrogen) atoms. The van der Waals surface area contributed by atoms with Crippen LogP contribution in [0.3, 0.4) is 0 Å². The maximum absolute atomic E-state index is 13.6. The number of halogens is 1. The summed E-state index contributed by atoms with van der Waals surface area (Å²) in [7, 11) is 0. The fraction of sp³-hybridized carbons (Fsp3) is 0.273. The molecule has 200 valence electrons. The van der Waals surface area contributed by atoms with Crippen molar-refractivity contribution in [1.29, 1.82) is 0 Å². The number of anilines is 1. The summed E-state index contributed by atoms with van der Waals surface area (Å²) in [5, 5.41) is 4.53. The maximum atomic E-state index is 13.6. The zero-order valence-electron chi connectivity index (χ0n) is 22.5. The molecular formula is C33H33ClN2O2S. The van der Waals surface area contributed by atoms with Crippen LogP contribution in [0.25, 0.3) is 0 Å². The molecule has 0 fully saturated rings. The molecule has 0 unspecified atom stereocenters. The predicted molar refractivity (Wildman–Crippen MR) is 163 cm³/mol. The van der Waals surface area contributed by atoms with E-state index in [4.69, 9.17) is 21.3 Å². The first-order chi connectivity index (χ1) is 18.8. The topological polar surface area (TPSA) is 50.7 Å². The third-order valence-corrected chi connectivity index (χ3v) is 8.80. The Morgan fingerprint density at radius 3 is 2.62 bits per heavy atom. The summed E-state index contributed by atoms with van der Waals surface area (Å²) in [6.45, 7) is 7.30. The highest BCUT2D eigenvalue weighted by atomic mass is 35.5. The highest BCUT2D eigenvalue weighted by Crippen LogP contribution is 2.45. The second-order valence-corrected chi connectivity index (χ2v) is 12.5. The standard InChI is InChI=1S/C33H33ClN2O2S/c1-33(2,3)24-16-17-27-29(19-24)39-32(30(27)31(37)36-25-12-5-4-6-13-25)35-20-22-10-9-14-26(18-22)38-21-23-11-7-8-15-28(23)34/h4-15,18,20,24H,16-17,19,21H2,1-3H3,(H,36,37)/t24-/m1/s1. The minimum absolute atomic E-state index is 0.100. The van der Waals surface area contributed by atoms with Gasteiger partial charge in [0.05, 0.1) is 5.56 Å². The zero-order valence-corrected chi connectivity index (χ0v) is 24.1. The molecule has 4 nitrogen and oxygen atoms in total. The van der Waals surface area contributed by atoms with Gasteiger partial charge in [0.2, 0.25) is 0 Å². The zero-order chi connectivity index (χ0) is 27.4. The van der Waals surface area contributed by atoms with Crippen molar-refractivity contribution in [2.45, 2.75) is 46.6 Å². The number of amides is 1. The molecule has 0 spiro atoms. The number of benzene rings is 3. The SMILES string of the molecule is CC(C)(C)[C@@H]1CCc2c(sc(N=Cc3cccc(OCc4ccccc4Cl)c3)c2C(=O)Nc2ccccc2)C1. The summed E-state index contributed by atoms with van der Waals surface area (Å²) in [5.74, 6) is 1.22. The average molecular weight is 557 g/mol. The molecule has 0 saturated heterocycles. The van der Waals surface area contributed by atoms with Crippen LogP contribution in [-0.2, 0) is 19.4 Å². The van der Waals surface area contributed by atoms with Gasteiger partial charge < -0.3 is 10.1 Å². The van der Waals surface area contributed by atoms with Crippen LogP contribution in [0.1, 0.15) is 59.1 Å². The number of ether oxygens (including phenoxy) is 1. The number of hydrogen-bond donors (Lipinski definition) is 1. The second-order valence-electron chi connectivity index (χ2n) is 11.0. The number of aliphatic imine (C=N–C) groups is 1. The predicted octanol–water partition coefficient (Wildman–Crippen LogP) is 9.13. The van der Waals surface area contributed by atoms with Crippen LogP contribution in [0, 0.1) is 11.3 Å². The summed E-state index contributed by atoms with van der Waals surface area (Å²) in [5.41, 5.74) is 4.70. The van der Waals surface area contributed by atoms with Gasteiger partial charge in [-0.2, -0.15) is 0 Å². The summed E-state index contributed by atoms with van der Waals surface area (Å²) in [6, 6.07) is 25.1. The molecule has 1 aromatic heterocycles. The molecular weight excluding hydrogens is 524 g/mol. The molecule has 1 aliphatic carbocycles. The van der Waals surface area contributed by atoms with Gasteiger partial charge in [-0.25, -0.2) is 4.99 Å². The van der Waals surface area contributed by atoms with E-state index in [0.717, 1.165) is 52.4 Å². The molecule has 1 aliphatic rings. The van der Waals surface area contributed by atoms with Crippen molar-refractivity contribution in [1.82, 2.24) is 0 Å². The summed E-state index contributed by atoms with van der Waals surface area (Å²) in [4.78, 5) is 19.7. The van der Waals surface area contributed by atoms with Crippen LogP contribution in [0.2, 0.25) is 5.02 Å². The second kappa shape index (κ2) is 11.8. The largest absolute Gasteiger partial charge is 0.489 e. The van der Waals surface area contributed by atoms with Gasteiger partial charge in [0, 0.05) is 27.4 Å². The molecule has 6 heteroatoms. The van der Waals surface area contributed by atoms with E-state index in [2.05, 4.69) is 26.1 Å². The quantitative estimate of drug-likeness (QED) is 0.231. The number of carbonyl (C=O) groups excluding carboxylic acids is 1. The van der Waals surface area contributed by atoms with E-state index in [9.17, 15) is 4.79 Å². The van der Waals surface area contributed by atoms with Crippen molar-refractivity contribution in [3.8, 4) is 5.75 Å². The average Bonchev–Trinajstić information content (AvgIpc) is 3.30. The van der Waals surface area contributed by atoms with Crippen LogP contribution in [0.5, 0.6) is 5.75 Å². The van der Waals surface area contributed by atoms with Gasteiger partial charge in [-0.1, -0.05) is 80.9 Å². The molecule has 0 aliphatic heterocycles. The van der Waals surface area contributed by atoms with E-state index in [0.29, 0.717) is 23.1 Å². The normalized spacial score (nSPS) is 15.2. The van der Waals surface area contributed by atoms with Gasteiger partial charge >= 0.3 is 0 Å².